The summed E-state index contributed by atoms with van der Waals surface area (Å²) >= 11 is 0. The minimum Gasteiger partial charge on any atom is -0.454 e. The van der Waals surface area contributed by atoms with Gasteiger partial charge >= 0.3 is 0 Å². The lowest BCUT2D eigenvalue weighted by Gasteiger charge is -2.30. The predicted molar refractivity (Wildman–Crippen MR) is 208 cm³/mol. The molecule has 0 spiro atoms. The maximum atomic E-state index is 6.89. The van der Waals surface area contributed by atoms with Crippen molar-refractivity contribution >= 4 is 88.8 Å². The first-order valence-electron chi connectivity index (χ1n) is 16.9. The summed E-state index contributed by atoms with van der Waals surface area (Å²) in [5.74, 6) is 0. The van der Waals surface area contributed by atoms with E-state index in [1.54, 1.807) is 0 Å². The Morgan fingerprint density at radius 1 is 0.280 bits per heavy atom. The molecule has 0 atom stereocenters. The van der Waals surface area contributed by atoms with Gasteiger partial charge in [-0.15, -0.1) is 0 Å². The fourth-order valence-corrected chi connectivity index (χ4v) is 7.42. The van der Waals surface area contributed by atoms with E-state index in [0.717, 1.165) is 88.8 Å². The lowest BCUT2D eigenvalue weighted by Crippen LogP contribution is -2.13. The molecule has 4 nitrogen and oxygen atoms in total. The fraction of sp³-hybridized carbons (Fsp3) is 0. The van der Waals surface area contributed by atoms with E-state index >= 15 is 0 Å². The third-order valence-corrected chi connectivity index (χ3v) is 9.58. The maximum absolute atomic E-state index is 6.89. The quantitative estimate of drug-likeness (QED) is 0.181. The van der Waals surface area contributed by atoms with Crippen molar-refractivity contribution in [2.75, 3.05) is 9.80 Å². The molecule has 0 aliphatic rings. The van der Waals surface area contributed by atoms with Crippen LogP contribution in [0.25, 0.3) is 54.6 Å². The first-order chi connectivity index (χ1) is 24.8. The molecule has 4 heteroatoms. The average molecular weight is 643 g/mol. The Morgan fingerprint density at radius 2 is 0.580 bits per heavy atom. The van der Waals surface area contributed by atoms with Gasteiger partial charge in [0, 0.05) is 55.1 Å². The molecular formula is C46H30N2O2. The topological polar surface area (TPSA) is 32.8 Å². The first kappa shape index (κ1) is 28.3. The molecule has 236 valence electrons. The Hall–Kier alpha value is -6.78. The molecule has 10 aromatic rings. The van der Waals surface area contributed by atoms with Crippen molar-refractivity contribution in [1.82, 2.24) is 0 Å². The van der Waals surface area contributed by atoms with Gasteiger partial charge < -0.3 is 18.6 Å². The van der Waals surface area contributed by atoms with Gasteiger partial charge in [-0.25, -0.2) is 0 Å². The van der Waals surface area contributed by atoms with Crippen molar-refractivity contribution < 1.29 is 8.83 Å². The van der Waals surface area contributed by atoms with Crippen LogP contribution >= 0.6 is 0 Å². The highest BCUT2D eigenvalue weighted by Crippen LogP contribution is 2.53. The van der Waals surface area contributed by atoms with Crippen molar-refractivity contribution in [1.29, 1.82) is 0 Å². The van der Waals surface area contributed by atoms with Gasteiger partial charge in [0.2, 0.25) is 0 Å². The summed E-state index contributed by atoms with van der Waals surface area (Å²) in [7, 11) is 0. The highest BCUT2D eigenvalue weighted by molar-refractivity contribution is 6.27. The summed E-state index contributed by atoms with van der Waals surface area (Å²) in [6.07, 6.45) is 0. The van der Waals surface area contributed by atoms with E-state index in [9.17, 15) is 0 Å². The molecule has 0 unspecified atom stereocenters. The summed E-state index contributed by atoms with van der Waals surface area (Å²) in [6.45, 7) is 0. The molecule has 0 N–H and O–H groups in total. The Morgan fingerprint density at radius 3 is 0.920 bits per heavy atom. The predicted octanol–water partition coefficient (Wildman–Crippen LogP) is 13.6. The van der Waals surface area contributed by atoms with Gasteiger partial charge in [0.05, 0.1) is 11.4 Å². The van der Waals surface area contributed by atoms with Crippen LogP contribution in [0, 0.1) is 0 Å². The third-order valence-electron chi connectivity index (χ3n) is 9.58. The largest absolute Gasteiger partial charge is 0.454 e. The van der Waals surface area contributed by atoms with Gasteiger partial charge in [-0.3, -0.25) is 0 Å². The number of rotatable bonds is 6. The van der Waals surface area contributed by atoms with Crippen molar-refractivity contribution in [2.45, 2.75) is 0 Å². The second kappa shape index (κ2) is 11.4. The number of para-hydroxylation sites is 6. The fourth-order valence-electron chi connectivity index (χ4n) is 7.42. The molecule has 0 amide bonds. The van der Waals surface area contributed by atoms with E-state index in [-0.39, 0.29) is 0 Å². The van der Waals surface area contributed by atoms with Crippen LogP contribution in [0.2, 0.25) is 0 Å². The first-order valence-corrected chi connectivity index (χ1v) is 16.9. The standard InChI is InChI=1S/C46H30N2O2/c1-5-17-31(18-6-1)47(32-19-7-2-8-20-32)43-37-29-40-36-26-14-16-28-42(36)50-46(40)44(38(37)30-39-35-25-13-15-27-41(35)49-45(39)43)48(33-21-9-3-10-22-33)34-23-11-4-12-24-34/h1-30H. The lowest BCUT2D eigenvalue weighted by atomic mass is 9.97. The summed E-state index contributed by atoms with van der Waals surface area (Å²) < 4.78 is 13.8. The Balaban J connectivity index is 1.46. The highest BCUT2D eigenvalue weighted by Gasteiger charge is 2.28. The summed E-state index contributed by atoms with van der Waals surface area (Å²) in [6, 6.07) is 63.5. The minimum atomic E-state index is 0.829. The van der Waals surface area contributed by atoms with Gasteiger partial charge in [0.15, 0.2) is 11.2 Å². The molecule has 8 aromatic carbocycles. The molecule has 0 bridgehead atoms. The number of benzene rings is 8. The molecular weight excluding hydrogens is 613 g/mol. The maximum Gasteiger partial charge on any atom is 0.160 e. The van der Waals surface area contributed by atoms with Crippen molar-refractivity contribution in [2.24, 2.45) is 0 Å². The molecule has 2 heterocycles. The SMILES string of the molecule is c1ccc(N(c2ccccc2)c2c3cc4c(oc5ccccc54)c(N(c4ccccc4)c4ccccc4)c3cc3c2oc2ccccc23)cc1. The second-order valence-electron chi connectivity index (χ2n) is 12.5. The van der Waals surface area contributed by atoms with Crippen molar-refractivity contribution in [3.8, 4) is 0 Å². The molecule has 0 aliphatic heterocycles. The van der Waals surface area contributed by atoms with Gasteiger partial charge in [-0.05, 0) is 72.8 Å². The van der Waals surface area contributed by atoms with Gasteiger partial charge in [-0.1, -0.05) is 109 Å². The zero-order valence-electron chi connectivity index (χ0n) is 27.0. The minimum absolute atomic E-state index is 0.829. The normalized spacial score (nSPS) is 11.6. The van der Waals surface area contributed by atoms with Crippen molar-refractivity contribution in [3.05, 3.63) is 182 Å². The van der Waals surface area contributed by atoms with Crippen LogP contribution in [0.1, 0.15) is 0 Å². The van der Waals surface area contributed by atoms with Crippen LogP contribution in [-0.4, -0.2) is 0 Å². The van der Waals surface area contributed by atoms with Crippen LogP contribution in [0.15, 0.2) is 191 Å². The van der Waals surface area contributed by atoms with Gasteiger partial charge in [-0.2, -0.15) is 0 Å². The smallest absolute Gasteiger partial charge is 0.160 e. The van der Waals surface area contributed by atoms with E-state index in [4.69, 9.17) is 8.83 Å². The Labute approximate surface area is 288 Å². The van der Waals surface area contributed by atoms with Crippen LogP contribution in [-0.2, 0) is 0 Å². The molecule has 50 heavy (non-hydrogen) atoms. The summed E-state index contributed by atoms with van der Waals surface area (Å²) in [5.41, 5.74) is 9.44. The third kappa shape index (κ3) is 4.39. The van der Waals surface area contributed by atoms with Crippen LogP contribution < -0.4 is 9.80 Å². The molecule has 0 saturated heterocycles. The molecule has 0 saturated carbocycles. The zero-order valence-corrected chi connectivity index (χ0v) is 27.0. The summed E-state index contributed by atoms with van der Waals surface area (Å²) in [5, 5.41) is 6.31. The van der Waals surface area contributed by atoms with Crippen LogP contribution in [0.4, 0.5) is 34.1 Å². The molecule has 10 rings (SSSR count). The second-order valence-corrected chi connectivity index (χ2v) is 12.5. The molecule has 0 fully saturated rings. The molecule has 0 radical (unpaired) electrons. The van der Waals surface area contributed by atoms with Crippen LogP contribution in [0.5, 0.6) is 0 Å². The van der Waals surface area contributed by atoms with E-state index in [0.29, 0.717) is 0 Å². The zero-order chi connectivity index (χ0) is 33.0. The Kier molecular flexibility index (Phi) is 6.46. The highest BCUT2D eigenvalue weighted by atomic mass is 16.3. The number of nitrogens with zero attached hydrogens (tertiary/aromatic N) is 2. The van der Waals surface area contributed by atoms with E-state index < -0.39 is 0 Å². The number of fused-ring (bicyclic) bond motifs is 7. The summed E-state index contributed by atoms with van der Waals surface area (Å²) in [4.78, 5) is 4.67. The van der Waals surface area contributed by atoms with Crippen LogP contribution in [0.3, 0.4) is 0 Å². The average Bonchev–Trinajstić information content (AvgIpc) is 3.75. The Bertz CT molecular complexity index is 2530. The van der Waals surface area contributed by atoms with E-state index in [1.165, 1.54) is 0 Å². The number of hydrogen-bond acceptors (Lipinski definition) is 4. The monoisotopic (exact) mass is 642 g/mol. The number of anilines is 6. The molecule has 0 aliphatic carbocycles. The lowest BCUT2D eigenvalue weighted by molar-refractivity contribution is 0.668. The number of hydrogen-bond donors (Lipinski definition) is 0. The van der Waals surface area contributed by atoms with Gasteiger partial charge in [0.1, 0.15) is 11.2 Å². The number of furan rings is 2. The van der Waals surface area contributed by atoms with E-state index in [1.807, 2.05) is 12.1 Å². The van der Waals surface area contributed by atoms with E-state index in [2.05, 4.69) is 180 Å². The molecule has 2 aromatic heterocycles. The van der Waals surface area contributed by atoms with Crippen molar-refractivity contribution in [3.63, 3.8) is 0 Å². The van der Waals surface area contributed by atoms with Gasteiger partial charge in [0.25, 0.3) is 0 Å².